The Kier molecular flexibility index (Phi) is 7.65. The van der Waals surface area contributed by atoms with Gasteiger partial charge in [0, 0.05) is 17.9 Å². The number of nitrogens with zero attached hydrogens (tertiary/aromatic N) is 2. The van der Waals surface area contributed by atoms with E-state index in [1.807, 2.05) is 37.3 Å². The second kappa shape index (κ2) is 10.4. The van der Waals surface area contributed by atoms with Gasteiger partial charge in [0.05, 0.1) is 12.0 Å². The van der Waals surface area contributed by atoms with Crippen LogP contribution in [-0.4, -0.2) is 38.0 Å². The van der Waals surface area contributed by atoms with Crippen LogP contribution in [0.15, 0.2) is 52.1 Å². The van der Waals surface area contributed by atoms with Gasteiger partial charge in [0.25, 0.3) is 5.91 Å². The highest BCUT2D eigenvalue weighted by atomic mass is 32.2. The summed E-state index contributed by atoms with van der Waals surface area (Å²) in [6, 6.07) is 14.4. The maximum absolute atomic E-state index is 12.5. The molecule has 1 aromatic carbocycles. The maximum atomic E-state index is 12.5. The summed E-state index contributed by atoms with van der Waals surface area (Å²) in [6.07, 6.45) is -0.236. The number of carbonyl (C=O) groups excluding carboxylic acids is 2. The normalized spacial score (nSPS) is 11.1. The summed E-state index contributed by atoms with van der Waals surface area (Å²) in [6.45, 7) is 2.91. The van der Waals surface area contributed by atoms with E-state index in [0.29, 0.717) is 11.4 Å². The highest BCUT2D eigenvalue weighted by Gasteiger charge is 2.21. The lowest BCUT2D eigenvalue weighted by Gasteiger charge is -2.13. The number of aromatic nitrogens is 1. The van der Waals surface area contributed by atoms with Gasteiger partial charge in [-0.1, -0.05) is 24.3 Å². The first kappa shape index (κ1) is 24.2. The minimum atomic E-state index is -3.68. The highest BCUT2D eigenvalue weighted by Crippen LogP contribution is 2.29. The second-order valence-corrected chi connectivity index (χ2v) is 9.95. The number of esters is 1. The number of para-hydroxylation sites is 1. The lowest BCUT2D eigenvalue weighted by molar-refractivity contribution is -0.147. The van der Waals surface area contributed by atoms with Gasteiger partial charge < -0.3 is 10.1 Å². The molecule has 0 aliphatic heterocycles. The molecule has 2 aromatic heterocycles. The van der Waals surface area contributed by atoms with E-state index in [0.717, 1.165) is 28.3 Å². The van der Waals surface area contributed by atoms with E-state index in [-0.39, 0.29) is 17.2 Å². The molecular formula is C22H22N4O5S2. The average Bonchev–Trinajstić information content (AvgIpc) is 3.41. The lowest BCUT2D eigenvalue weighted by Crippen LogP contribution is -2.27. The molecule has 3 aromatic rings. The SMILES string of the molecule is Cc1c(C#N)c(NC(=O)COC(=O)CCNS(=O)(=O)c2cccs2)n(-c2ccccc2)c1C. The number of rotatable bonds is 9. The van der Waals surface area contributed by atoms with Crippen molar-refractivity contribution >= 4 is 39.1 Å². The van der Waals surface area contributed by atoms with Gasteiger partial charge in [-0.05, 0) is 43.0 Å². The second-order valence-electron chi connectivity index (χ2n) is 7.01. The molecule has 2 heterocycles. The number of nitrogens with one attached hydrogen (secondary N) is 2. The van der Waals surface area contributed by atoms with Gasteiger partial charge in [-0.3, -0.25) is 14.2 Å². The van der Waals surface area contributed by atoms with Crippen LogP contribution in [0, 0.1) is 25.2 Å². The zero-order chi connectivity index (χ0) is 24.0. The highest BCUT2D eigenvalue weighted by molar-refractivity contribution is 7.91. The molecule has 0 unspecified atom stereocenters. The molecule has 3 rings (SSSR count). The third-order valence-electron chi connectivity index (χ3n) is 4.84. The van der Waals surface area contributed by atoms with Crippen LogP contribution in [-0.2, 0) is 24.3 Å². The molecule has 11 heteroatoms. The van der Waals surface area contributed by atoms with Crippen LogP contribution in [0.25, 0.3) is 5.69 Å². The quantitative estimate of drug-likeness (QED) is 0.447. The van der Waals surface area contributed by atoms with E-state index in [2.05, 4.69) is 16.1 Å². The Morgan fingerprint density at radius 3 is 2.52 bits per heavy atom. The summed E-state index contributed by atoms with van der Waals surface area (Å²) in [5, 5.41) is 13.9. The fourth-order valence-electron chi connectivity index (χ4n) is 3.12. The topological polar surface area (TPSA) is 130 Å². The number of sulfonamides is 1. The van der Waals surface area contributed by atoms with Crippen LogP contribution in [0.4, 0.5) is 5.82 Å². The molecule has 0 radical (unpaired) electrons. The van der Waals surface area contributed by atoms with Crippen LogP contribution in [0.1, 0.15) is 23.2 Å². The zero-order valence-electron chi connectivity index (χ0n) is 18.0. The van der Waals surface area contributed by atoms with Crippen molar-refractivity contribution in [2.45, 2.75) is 24.5 Å². The monoisotopic (exact) mass is 486 g/mol. The zero-order valence-corrected chi connectivity index (χ0v) is 19.6. The minimum Gasteiger partial charge on any atom is -0.456 e. The average molecular weight is 487 g/mol. The van der Waals surface area contributed by atoms with Gasteiger partial charge >= 0.3 is 5.97 Å². The molecule has 172 valence electrons. The molecule has 33 heavy (non-hydrogen) atoms. The Labute approximate surface area is 195 Å². The molecule has 9 nitrogen and oxygen atoms in total. The van der Waals surface area contributed by atoms with Gasteiger partial charge in [-0.15, -0.1) is 11.3 Å². The van der Waals surface area contributed by atoms with Gasteiger partial charge in [0.1, 0.15) is 16.1 Å². The largest absolute Gasteiger partial charge is 0.456 e. The van der Waals surface area contributed by atoms with E-state index < -0.39 is 28.5 Å². The van der Waals surface area contributed by atoms with Crippen LogP contribution < -0.4 is 10.0 Å². The van der Waals surface area contributed by atoms with Crippen LogP contribution >= 0.6 is 11.3 Å². The number of anilines is 1. The number of hydrogen-bond donors (Lipinski definition) is 2. The van der Waals surface area contributed by atoms with Crippen molar-refractivity contribution in [1.29, 1.82) is 5.26 Å². The molecule has 0 saturated carbocycles. The number of carbonyl (C=O) groups is 2. The first-order chi connectivity index (χ1) is 15.7. The van der Waals surface area contributed by atoms with Crippen LogP contribution in [0.2, 0.25) is 0 Å². The van der Waals surface area contributed by atoms with Crippen LogP contribution in [0.5, 0.6) is 0 Å². The molecule has 0 atom stereocenters. The van der Waals surface area contributed by atoms with Gasteiger partial charge in [0.2, 0.25) is 10.0 Å². The summed E-state index contributed by atoms with van der Waals surface area (Å²) in [5.41, 5.74) is 2.61. The predicted octanol–water partition coefficient (Wildman–Crippen LogP) is 2.88. The summed E-state index contributed by atoms with van der Waals surface area (Å²) in [5.74, 6) is -1.05. The number of benzene rings is 1. The number of hydrogen-bond acceptors (Lipinski definition) is 7. The smallest absolute Gasteiger partial charge is 0.307 e. The van der Waals surface area contributed by atoms with Crippen LogP contribution in [0.3, 0.4) is 0 Å². The molecule has 1 amide bonds. The molecule has 2 N–H and O–H groups in total. The number of ether oxygens (including phenoxy) is 1. The molecule has 0 bridgehead atoms. The van der Waals surface area contributed by atoms with E-state index >= 15 is 0 Å². The Balaban J connectivity index is 1.59. The van der Waals surface area contributed by atoms with Crippen molar-refractivity contribution in [2.75, 3.05) is 18.5 Å². The Hall–Kier alpha value is -3.46. The van der Waals surface area contributed by atoms with Crippen molar-refractivity contribution in [1.82, 2.24) is 9.29 Å². The maximum Gasteiger partial charge on any atom is 0.307 e. The number of nitriles is 1. The molecule has 0 fully saturated rings. The fraction of sp³-hybridized carbons (Fsp3) is 0.227. The Morgan fingerprint density at radius 2 is 1.88 bits per heavy atom. The predicted molar refractivity (Wildman–Crippen MR) is 124 cm³/mol. The molecule has 0 aliphatic carbocycles. The summed E-state index contributed by atoms with van der Waals surface area (Å²) >= 11 is 1.06. The standard InChI is InChI=1S/C22H22N4O5S2/c1-15-16(2)26(17-7-4-3-5-8-17)22(18(15)13-23)25-19(27)14-31-20(28)10-11-24-33(29,30)21-9-6-12-32-21/h3-9,12,24H,10-11,14H2,1-2H3,(H,25,27). The first-order valence-corrected chi connectivity index (χ1v) is 12.3. The number of amides is 1. The van der Waals surface area contributed by atoms with E-state index in [9.17, 15) is 23.3 Å². The van der Waals surface area contributed by atoms with Gasteiger partial charge in [-0.2, -0.15) is 5.26 Å². The van der Waals surface area contributed by atoms with Gasteiger partial charge in [0.15, 0.2) is 6.61 Å². The Bertz CT molecular complexity index is 1290. The first-order valence-electron chi connectivity index (χ1n) is 9.90. The minimum absolute atomic E-state index is 0.149. The Morgan fingerprint density at radius 1 is 1.15 bits per heavy atom. The summed E-state index contributed by atoms with van der Waals surface area (Å²) in [7, 11) is -3.68. The summed E-state index contributed by atoms with van der Waals surface area (Å²) in [4.78, 5) is 24.4. The van der Waals surface area contributed by atoms with Crippen molar-refractivity contribution < 1.29 is 22.7 Å². The van der Waals surface area contributed by atoms with E-state index in [1.165, 1.54) is 6.07 Å². The lowest BCUT2D eigenvalue weighted by atomic mass is 10.2. The fourth-order valence-corrected chi connectivity index (χ4v) is 5.19. The molecule has 0 spiro atoms. The summed E-state index contributed by atoms with van der Waals surface area (Å²) < 4.78 is 33.3. The molecule has 0 aliphatic rings. The van der Waals surface area contributed by atoms with Crippen molar-refractivity contribution in [3.05, 3.63) is 64.7 Å². The van der Waals surface area contributed by atoms with Gasteiger partial charge in [-0.25, -0.2) is 13.1 Å². The van der Waals surface area contributed by atoms with Crippen molar-refractivity contribution in [3.63, 3.8) is 0 Å². The van der Waals surface area contributed by atoms with Crippen molar-refractivity contribution in [3.8, 4) is 11.8 Å². The van der Waals surface area contributed by atoms with E-state index in [4.69, 9.17) is 4.74 Å². The van der Waals surface area contributed by atoms with Crippen molar-refractivity contribution in [2.24, 2.45) is 0 Å². The molecular weight excluding hydrogens is 464 g/mol. The third kappa shape index (κ3) is 5.67. The third-order valence-corrected chi connectivity index (χ3v) is 7.70. The molecule has 0 saturated heterocycles. The number of thiophene rings is 1. The van der Waals surface area contributed by atoms with E-state index in [1.54, 1.807) is 22.9 Å².